The Balaban J connectivity index is 2.37. The van der Waals surface area contributed by atoms with Crippen molar-refractivity contribution in [1.29, 1.82) is 0 Å². The Morgan fingerprint density at radius 2 is 1.89 bits per heavy atom. The van der Waals surface area contributed by atoms with Crippen LogP contribution in [-0.2, 0) is 6.18 Å². The molecule has 2 rings (SSSR count). The molecule has 1 aromatic heterocycles. The minimum absolute atomic E-state index is 0.283. The van der Waals surface area contributed by atoms with Gasteiger partial charge in [-0.3, -0.25) is 5.10 Å². The van der Waals surface area contributed by atoms with Crippen LogP contribution in [0.15, 0.2) is 30.3 Å². The molecule has 0 atom stereocenters. The normalized spacial score (nSPS) is 11.6. The molecule has 0 amide bonds. The van der Waals surface area contributed by atoms with Crippen molar-refractivity contribution in [2.75, 3.05) is 19.0 Å². The van der Waals surface area contributed by atoms with Gasteiger partial charge in [-0.05, 0) is 18.2 Å². The quantitative estimate of drug-likeness (QED) is 0.893. The molecule has 1 aromatic carbocycles. The maximum Gasteiger partial charge on any atom is 0.432 e. The van der Waals surface area contributed by atoms with Gasteiger partial charge < -0.3 is 4.90 Å². The number of nitrogens with one attached hydrogen (secondary N) is 1. The van der Waals surface area contributed by atoms with Crippen molar-refractivity contribution in [2.24, 2.45) is 0 Å². The third kappa shape index (κ3) is 2.47. The molecule has 0 bridgehead atoms. The van der Waals surface area contributed by atoms with E-state index >= 15 is 0 Å². The number of benzene rings is 1. The lowest BCUT2D eigenvalue weighted by Gasteiger charge is -2.12. The molecule has 0 aliphatic heterocycles. The lowest BCUT2D eigenvalue weighted by molar-refractivity contribution is -0.141. The van der Waals surface area contributed by atoms with Gasteiger partial charge in [0.15, 0.2) is 0 Å². The Bertz CT molecular complexity index is 543. The van der Waals surface area contributed by atoms with Gasteiger partial charge in [-0.1, -0.05) is 12.1 Å². The van der Waals surface area contributed by atoms with E-state index in [1.54, 1.807) is 18.2 Å². The standard InChI is InChI=1S/C12H12F3N3/c1-18(2)9-5-3-4-8(6-9)10-7-11(17-16-10)12(13,14)15/h3-7H,1-2H3,(H,16,17). The molecule has 0 radical (unpaired) electrons. The van der Waals surface area contributed by atoms with Gasteiger partial charge in [0.25, 0.3) is 0 Å². The van der Waals surface area contributed by atoms with Crippen LogP contribution in [0.3, 0.4) is 0 Å². The summed E-state index contributed by atoms with van der Waals surface area (Å²) < 4.78 is 37.3. The maximum atomic E-state index is 12.4. The summed E-state index contributed by atoms with van der Waals surface area (Å²) in [5.41, 5.74) is 0.996. The topological polar surface area (TPSA) is 31.9 Å². The minimum atomic E-state index is -4.40. The second-order valence-electron chi connectivity index (χ2n) is 4.11. The maximum absolute atomic E-state index is 12.4. The molecule has 96 valence electrons. The molecule has 0 aliphatic carbocycles. The highest BCUT2D eigenvalue weighted by molar-refractivity contribution is 5.65. The van der Waals surface area contributed by atoms with E-state index in [4.69, 9.17) is 0 Å². The summed E-state index contributed by atoms with van der Waals surface area (Å²) >= 11 is 0. The van der Waals surface area contributed by atoms with Crippen LogP contribution in [0.5, 0.6) is 0 Å². The van der Waals surface area contributed by atoms with Gasteiger partial charge in [-0.15, -0.1) is 0 Å². The molecule has 2 aromatic rings. The van der Waals surface area contributed by atoms with Gasteiger partial charge in [0.05, 0.1) is 5.69 Å². The lowest BCUT2D eigenvalue weighted by atomic mass is 10.1. The van der Waals surface area contributed by atoms with E-state index in [1.807, 2.05) is 30.2 Å². The number of halogens is 3. The third-order valence-electron chi connectivity index (χ3n) is 2.54. The van der Waals surface area contributed by atoms with Crippen LogP contribution in [0.25, 0.3) is 11.3 Å². The first-order valence-corrected chi connectivity index (χ1v) is 5.28. The molecule has 0 aliphatic rings. The number of rotatable bonds is 2. The molecule has 6 heteroatoms. The number of anilines is 1. The summed E-state index contributed by atoms with van der Waals surface area (Å²) in [5, 5.41) is 5.69. The largest absolute Gasteiger partial charge is 0.432 e. The Hall–Kier alpha value is -1.98. The van der Waals surface area contributed by atoms with Gasteiger partial charge in [0, 0.05) is 25.3 Å². The van der Waals surface area contributed by atoms with Crippen LogP contribution < -0.4 is 4.90 Å². The monoisotopic (exact) mass is 255 g/mol. The van der Waals surface area contributed by atoms with Gasteiger partial charge in [-0.25, -0.2) is 0 Å². The van der Waals surface area contributed by atoms with E-state index in [-0.39, 0.29) is 5.69 Å². The summed E-state index contributed by atoms with van der Waals surface area (Å²) in [7, 11) is 3.73. The molecule has 0 fully saturated rings. The average Bonchev–Trinajstić information content (AvgIpc) is 2.78. The zero-order chi connectivity index (χ0) is 13.3. The highest BCUT2D eigenvalue weighted by Crippen LogP contribution is 2.31. The third-order valence-corrected chi connectivity index (χ3v) is 2.54. The van der Waals surface area contributed by atoms with Gasteiger partial charge in [0.2, 0.25) is 0 Å². The Morgan fingerprint density at radius 1 is 1.17 bits per heavy atom. The summed E-state index contributed by atoms with van der Waals surface area (Å²) in [5.74, 6) is 0. The number of H-pyrrole nitrogens is 1. The lowest BCUT2D eigenvalue weighted by Crippen LogP contribution is -2.08. The Labute approximate surface area is 102 Å². The first kappa shape index (κ1) is 12.5. The number of alkyl halides is 3. The molecule has 1 heterocycles. The summed E-state index contributed by atoms with van der Waals surface area (Å²) in [6.45, 7) is 0. The number of aromatic nitrogens is 2. The molecular weight excluding hydrogens is 243 g/mol. The second-order valence-corrected chi connectivity index (χ2v) is 4.11. The van der Waals surface area contributed by atoms with Crippen molar-refractivity contribution in [1.82, 2.24) is 10.2 Å². The van der Waals surface area contributed by atoms with E-state index in [2.05, 4.69) is 5.10 Å². The van der Waals surface area contributed by atoms with Crippen molar-refractivity contribution in [2.45, 2.75) is 6.18 Å². The summed E-state index contributed by atoms with van der Waals surface area (Å²) in [4.78, 5) is 1.88. The highest BCUT2D eigenvalue weighted by atomic mass is 19.4. The Kier molecular flexibility index (Phi) is 3.02. The van der Waals surface area contributed by atoms with Crippen molar-refractivity contribution in [3.63, 3.8) is 0 Å². The molecule has 0 saturated heterocycles. The molecule has 0 saturated carbocycles. The molecule has 3 nitrogen and oxygen atoms in total. The first-order valence-electron chi connectivity index (χ1n) is 5.28. The predicted molar refractivity (Wildman–Crippen MR) is 63.4 cm³/mol. The second kappa shape index (κ2) is 4.36. The number of hydrogen-bond acceptors (Lipinski definition) is 2. The van der Waals surface area contributed by atoms with Crippen molar-refractivity contribution in [3.8, 4) is 11.3 Å². The fourth-order valence-corrected chi connectivity index (χ4v) is 1.56. The predicted octanol–water partition coefficient (Wildman–Crippen LogP) is 3.16. The zero-order valence-electron chi connectivity index (χ0n) is 9.92. The smallest absolute Gasteiger partial charge is 0.378 e. The summed E-state index contributed by atoms with van der Waals surface area (Å²) in [6.07, 6.45) is -4.40. The number of nitrogens with zero attached hydrogens (tertiary/aromatic N) is 2. The molecule has 0 spiro atoms. The van der Waals surface area contributed by atoms with Crippen molar-refractivity contribution < 1.29 is 13.2 Å². The van der Waals surface area contributed by atoms with Crippen LogP contribution in [0.2, 0.25) is 0 Å². The minimum Gasteiger partial charge on any atom is -0.378 e. The van der Waals surface area contributed by atoms with Crippen LogP contribution in [0.1, 0.15) is 5.69 Å². The van der Waals surface area contributed by atoms with Crippen LogP contribution in [0, 0.1) is 0 Å². The van der Waals surface area contributed by atoms with Gasteiger partial charge in [0.1, 0.15) is 5.69 Å². The van der Waals surface area contributed by atoms with E-state index in [9.17, 15) is 13.2 Å². The summed E-state index contributed by atoms with van der Waals surface area (Å²) in [6, 6.07) is 8.18. The number of aromatic amines is 1. The van der Waals surface area contributed by atoms with E-state index in [1.165, 1.54) is 0 Å². The van der Waals surface area contributed by atoms with Crippen LogP contribution in [0.4, 0.5) is 18.9 Å². The van der Waals surface area contributed by atoms with E-state index in [0.717, 1.165) is 11.8 Å². The van der Waals surface area contributed by atoms with Crippen LogP contribution in [-0.4, -0.2) is 24.3 Å². The van der Waals surface area contributed by atoms with Gasteiger partial charge >= 0.3 is 6.18 Å². The highest BCUT2D eigenvalue weighted by Gasteiger charge is 2.33. The molecule has 1 N–H and O–H groups in total. The van der Waals surface area contributed by atoms with Crippen molar-refractivity contribution >= 4 is 5.69 Å². The molecule has 18 heavy (non-hydrogen) atoms. The van der Waals surface area contributed by atoms with Crippen LogP contribution >= 0.6 is 0 Å². The van der Waals surface area contributed by atoms with Crippen molar-refractivity contribution in [3.05, 3.63) is 36.0 Å². The fraction of sp³-hybridized carbons (Fsp3) is 0.250. The molecule has 0 unspecified atom stereocenters. The Morgan fingerprint density at radius 3 is 2.44 bits per heavy atom. The van der Waals surface area contributed by atoms with E-state index < -0.39 is 11.9 Å². The zero-order valence-corrected chi connectivity index (χ0v) is 9.92. The fourth-order valence-electron chi connectivity index (χ4n) is 1.56. The average molecular weight is 255 g/mol. The first-order chi connectivity index (χ1) is 8.38. The number of hydrogen-bond donors (Lipinski definition) is 1. The molecular formula is C12H12F3N3. The SMILES string of the molecule is CN(C)c1cccc(-c2cc(C(F)(F)F)[nH]n2)c1. The van der Waals surface area contributed by atoms with E-state index in [0.29, 0.717) is 5.56 Å². The van der Waals surface area contributed by atoms with Gasteiger partial charge in [-0.2, -0.15) is 18.3 Å².